The van der Waals surface area contributed by atoms with Crippen LogP contribution in [0.25, 0.3) is 0 Å². The minimum Gasteiger partial charge on any atom is -0.381 e. The van der Waals surface area contributed by atoms with Gasteiger partial charge in [0.2, 0.25) is 0 Å². The number of nitrogens with two attached hydrogens (primary N) is 1. The Bertz CT molecular complexity index is 410. The number of hydrogen-bond acceptors (Lipinski definition) is 4. The minimum atomic E-state index is -4.41. The van der Waals surface area contributed by atoms with Crippen LogP contribution in [-0.4, -0.2) is 30.9 Å². The maximum absolute atomic E-state index is 13.1. The molecule has 1 aromatic heterocycles. The van der Waals surface area contributed by atoms with E-state index in [0.717, 1.165) is 0 Å². The summed E-state index contributed by atoms with van der Waals surface area (Å²) in [5, 5.41) is 2.34. The van der Waals surface area contributed by atoms with Gasteiger partial charge in [0.15, 0.2) is 23.3 Å². The zero-order valence-corrected chi connectivity index (χ0v) is 9.02. The van der Waals surface area contributed by atoms with Crippen LogP contribution in [0.2, 0.25) is 0 Å². The molecule has 0 radical (unpaired) electrons. The maximum Gasteiger partial charge on any atom is 0.411 e. The van der Waals surface area contributed by atoms with Gasteiger partial charge in [0.05, 0.1) is 6.61 Å². The van der Waals surface area contributed by atoms with E-state index in [1.165, 1.54) is 0 Å². The average Bonchev–Trinajstić information content (AvgIpc) is 2.23. The monoisotopic (exact) mass is 271 g/mol. The number of ether oxygens (including phenoxy) is 1. The van der Waals surface area contributed by atoms with E-state index >= 15 is 0 Å². The predicted octanol–water partition coefficient (Wildman–Crippen LogP) is 1.93. The molecule has 0 aliphatic rings. The fourth-order valence-corrected chi connectivity index (χ4v) is 1.03. The summed E-state index contributed by atoms with van der Waals surface area (Å²) < 4.78 is 65.2. The second-order valence-corrected chi connectivity index (χ2v) is 3.28. The summed E-state index contributed by atoms with van der Waals surface area (Å²) in [6.45, 7) is -1.82. The summed E-state index contributed by atoms with van der Waals surface area (Å²) in [6, 6.07) is 0.529. The lowest BCUT2D eigenvalue weighted by molar-refractivity contribution is -0.172. The number of pyridine rings is 1. The van der Waals surface area contributed by atoms with Gasteiger partial charge in [-0.2, -0.15) is 13.2 Å². The molecule has 1 rings (SSSR count). The van der Waals surface area contributed by atoms with Gasteiger partial charge in [0.1, 0.15) is 6.61 Å². The van der Waals surface area contributed by atoms with Crippen LogP contribution < -0.4 is 11.1 Å². The number of alkyl halides is 3. The number of anilines is 2. The highest BCUT2D eigenvalue weighted by molar-refractivity contribution is 5.44. The van der Waals surface area contributed by atoms with Crippen molar-refractivity contribution in [3.05, 3.63) is 17.7 Å². The van der Waals surface area contributed by atoms with E-state index in [2.05, 4.69) is 15.0 Å². The quantitative estimate of drug-likeness (QED) is 0.634. The molecule has 102 valence electrons. The highest BCUT2D eigenvalue weighted by Crippen LogP contribution is 2.16. The Hall–Kier alpha value is -1.64. The fourth-order valence-electron chi connectivity index (χ4n) is 1.03. The van der Waals surface area contributed by atoms with Gasteiger partial charge in [-0.15, -0.1) is 0 Å². The number of nitrogen functional groups attached to an aromatic ring is 1. The Kier molecular flexibility index (Phi) is 4.65. The van der Waals surface area contributed by atoms with Crippen molar-refractivity contribution in [1.29, 1.82) is 0 Å². The molecule has 3 N–H and O–H groups in total. The van der Waals surface area contributed by atoms with Crippen LogP contribution in [0.1, 0.15) is 0 Å². The molecule has 0 saturated carbocycles. The van der Waals surface area contributed by atoms with Gasteiger partial charge in [0, 0.05) is 12.6 Å². The summed E-state index contributed by atoms with van der Waals surface area (Å²) in [5.74, 6) is -2.84. The van der Waals surface area contributed by atoms with Gasteiger partial charge >= 0.3 is 6.18 Å². The van der Waals surface area contributed by atoms with E-state index in [4.69, 9.17) is 5.73 Å². The topological polar surface area (TPSA) is 60.2 Å². The molecule has 4 nitrogen and oxygen atoms in total. The van der Waals surface area contributed by atoms with Gasteiger partial charge in [-0.25, -0.2) is 13.8 Å². The van der Waals surface area contributed by atoms with E-state index in [0.29, 0.717) is 6.07 Å². The Morgan fingerprint density at radius 3 is 2.56 bits per heavy atom. The first-order valence-corrected chi connectivity index (χ1v) is 4.79. The molecular weight excluding hydrogens is 261 g/mol. The third-order valence-corrected chi connectivity index (χ3v) is 1.76. The minimum absolute atomic E-state index is 0.120. The predicted molar refractivity (Wildman–Crippen MR) is 53.9 cm³/mol. The summed E-state index contributed by atoms with van der Waals surface area (Å²) in [6.07, 6.45) is -4.41. The van der Waals surface area contributed by atoms with Crippen molar-refractivity contribution in [2.75, 3.05) is 30.8 Å². The largest absolute Gasteiger partial charge is 0.411 e. The molecule has 0 aliphatic heterocycles. The average molecular weight is 271 g/mol. The van der Waals surface area contributed by atoms with E-state index < -0.39 is 30.2 Å². The second-order valence-electron chi connectivity index (χ2n) is 3.28. The highest BCUT2D eigenvalue weighted by atomic mass is 19.4. The van der Waals surface area contributed by atoms with Crippen LogP contribution in [0, 0.1) is 11.6 Å². The lowest BCUT2D eigenvalue weighted by Crippen LogP contribution is -2.20. The zero-order chi connectivity index (χ0) is 13.8. The van der Waals surface area contributed by atoms with Crippen LogP contribution in [0.5, 0.6) is 0 Å². The van der Waals surface area contributed by atoms with Crippen molar-refractivity contribution in [1.82, 2.24) is 4.98 Å². The first-order valence-electron chi connectivity index (χ1n) is 4.79. The Labute approximate surface area is 98.9 Å². The van der Waals surface area contributed by atoms with Crippen LogP contribution in [0.4, 0.5) is 33.6 Å². The molecule has 1 aromatic rings. The number of rotatable bonds is 5. The van der Waals surface area contributed by atoms with Gasteiger partial charge in [-0.3, -0.25) is 0 Å². The number of aromatic nitrogens is 1. The lowest BCUT2D eigenvalue weighted by Gasteiger charge is -2.09. The molecule has 0 fully saturated rings. The SMILES string of the molecule is Nc1nc(NCCOCC(F)(F)F)c(F)cc1F. The molecule has 0 atom stereocenters. The van der Waals surface area contributed by atoms with Crippen molar-refractivity contribution in [2.24, 2.45) is 0 Å². The van der Waals surface area contributed by atoms with Crippen molar-refractivity contribution in [3.8, 4) is 0 Å². The van der Waals surface area contributed by atoms with E-state index in [1.54, 1.807) is 0 Å². The molecular formula is C9H10F5N3O. The number of nitrogens with zero attached hydrogens (tertiary/aromatic N) is 1. The third-order valence-electron chi connectivity index (χ3n) is 1.76. The highest BCUT2D eigenvalue weighted by Gasteiger charge is 2.27. The molecule has 0 saturated heterocycles. The maximum atomic E-state index is 13.1. The van der Waals surface area contributed by atoms with Crippen molar-refractivity contribution in [3.63, 3.8) is 0 Å². The number of halogens is 5. The summed E-state index contributed by atoms with van der Waals surface area (Å²) >= 11 is 0. The smallest absolute Gasteiger partial charge is 0.381 e. The molecule has 0 aromatic carbocycles. The number of hydrogen-bond donors (Lipinski definition) is 2. The van der Waals surface area contributed by atoms with Gasteiger partial charge in [0.25, 0.3) is 0 Å². The Morgan fingerprint density at radius 2 is 1.94 bits per heavy atom. The lowest BCUT2D eigenvalue weighted by atomic mass is 10.4. The molecule has 0 spiro atoms. The standard InChI is InChI=1S/C9H10F5N3O/c10-5-3-6(11)8(17-7(5)15)16-1-2-18-4-9(12,13)14/h3H,1-2,4H2,(H3,15,16,17). The van der Waals surface area contributed by atoms with Gasteiger partial charge in [-0.05, 0) is 0 Å². The molecule has 0 unspecified atom stereocenters. The summed E-state index contributed by atoms with van der Waals surface area (Å²) in [4.78, 5) is 3.36. The molecule has 0 aliphatic carbocycles. The third kappa shape index (κ3) is 4.70. The summed E-state index contributed by atoms with van der Waals surface area (Å²) in [5.41, 5.74) is 5.10. The van der Waals surface area contributed by atoms with E-state index in [1.807, 2.05) is 0 Å². The van der Waals surface area contributed by atoms with Crippen LogP contribution in [0.3, 0.4) is 0 Å². The van der Waals surface area contributed by atoms with Gasteiger partial charge < -0.3 is 15.8 Å². The zero-order valence-electron chi connectivity index (χ0n) is 9.02. The van der Waals surface area contributed by atoms with Crippen LogP contribution >= 0.6 is 0 Å². The normalized spacial score (nSPS) is 11.6. The first-order chi connectivity index (χ1) is 8.29. The van der Waals surface area contributed by atoms with Crippen molar-refractivity contribution >= 4 is 11.6 Å². The molecule has 18 heavy (non-hydrogen) atoms. The Morgan fingerprint density at radius 1 is 1.28 bits per heavy atom. The van der Waals surface area contributed by atoms with Crippen LogP contribution in [-0.2, 0) is 4.74 Å². The van der Waals surface area contributed by atoms with Crippen LogP contribution in [0.15, 0.2) is 6.07 Å². The second kappa shape index (κ2) is 5.80. The number of nitrogens with one attached hydrogen (secondary N) is 1. The molecule has 1 heterocycles. The van der Waals surface area contributed by atoms with E-state index in [-0.39, 0.29) is 19.0 Å². The fraction of sp³-hybridized carbons (Fsp3) is 0.444. The van der Waals surface area contributed by atoms with Gasteiger partial charge in [-0.1, -0.05) is 0 Å². The summed E-state index contributed by atoms with van der Waals surface area (Å²) in [7, 11) is 0. The van der Waals surface area contributed by atoms with E-state index in [9.17, 15) is 22.0 Å². The van der Waals surface area contributed by atoms with Crippen molar-refractivity contribution < 1.29 is 26.7 Å². The molecule has 0 bridgehead atoms. The molecule has 0 amide bonds. The first kappa shape index (κ1) is 14.4. The Balaban J connectivity index is 2.38. The van der Waals surface area contributed by atoms with Crippen molar-refractivity contribution in [2.45, 2.75) is 6.18 Å². The molecule has 9 heteroatoms.